The van der Waals surface area contributed by atoms with E-state index in [0.717, 1.165) is 24.9 Å². The number of benzene rings is 1. The zero-order chi connectivity index (χ0) is 14.5. The lowest BCUT2D eigenvalue weighted by Gasteiger charge is -2.12. The molecule has 0 spiro atoms. The maximum absolute atomic E-state index is 13.1. The van der Waals surface area contributed by atoms with Gasteiger partial charge in [-0.2, -0.15) is 5.10 Å². The Morgan fingerprint density at radius 1 is 1.25 bits per heavy atom. The Morgan fingerprint density at radius 2 is 2.05 bits per heavy atom. The van der Waals surface area contributed by atoms with Gasteiger partial charge >= 0.3 is 0 Å². The van der Waals surface area contributed by atoms with Crippen LogP contribution in [0.25, 0.3) is 0 Å². The highest BCUT2D eigenvalue weighted by Gasteiger charge is 2.12. The normalized spacial score (nSPS) is 12.6. The molecule has 108 valence electrons. The maximum atomic E-state index is 13.1. The molecule has 0 bridgehead atoms. The summed E-state index contributed by atoms with van der Waals surface area (Å²) in [6.45, 7) is 2.86. The van der Waals surface area contributed by atoms with Crippen LogP contribution in [0.15, 0.2) is 24.5 Å². The minimum Gasteiger partial charge on any atom is -0.327 e. The van der Waals surface area contributed by atoms with Crippen LogP contribution >= 0.6 is 0 Å². The molecule has 1 unspecified atom stereocenters. The molecular weight excluding hydrogens is 262 g/mol. The van der Waals surface area contributed by atoms with Crippen LogP contribution in [-0.2, 0) is 19.4 Å². The number of aryl methyl sites for hydroxylation is 1. The predicted octanol–water partition coefficient (Wildman–Crippen LogP) is 2.08. The molecule has 2 N–H and O–H groups in total. The van der Waals surface area contributed by atoms with Crippen molar-refractivity contribution in [2.75, 3.05) is 0 Å². The van der Waals surface area contributed by atoms with Crippen LogP contribution in [0.3, 0.4) is 0 Å². The van der Waals surface area contributed by atoms with E-state index in [0.29, 0.717) is 18.4 Å². The summed E-state index contributed by atoms with van der Waals surface area (Å²) < 4.78 is 27.8. The summed E-state index contributed by atoms with van der Waals surface area (Å²) in [7, 11) is 0. The van der Waals surface area contributed by atoms with E-state index in [9.17, 15) is 8.78 Å². The van der Waals surface area contributed by atoms with Gasteiger partial charge in [0.1, 0.15) is 12.2 Å². The van der Waals surface area contributed by atoms with Crippen molar-refractivity contribution in [3.63, 3.8) is 0 Å². The van der Waals surface area contributed by atoms with E-state index in [1.54, 1.807) is 6.07 Å². The average molecular weight is 280 g/mol. The fourth-order valence-corrected chi connectivity index (χ4v) is 2.12. The Hall–Kier alpha value is -1.82. The van der Waals surface area contributed by atoms with E-state index < -0.39 is 11.6 Å². The molecule has 4 nitrogen and oxygen atoms in total. The van der Waals surface area contributed by atoms with Crippen molar-refractivity contribution < 1.29 is 8.78 Å². The zero-order valence-corrected chi connectivity index (χ0v) is 11.4. The highest BCUT2D eigenvalue weighted by atomic mass is 19.2. The second kappa shape index (κ2) is 6.56. The van der Waals surface area contributed by atoms with Gasteiger partial charge in [0.15, 0.2) is 11.6 Å². The van der Waals surface area contributed by atoms with Crippen molar-refractivity contribution >= 4 is 0 Å². The SMILES string of the molecule is CCCn1ncnc1CC(N)Cc1ccc(F)c(F)c1. The number of hydrogen-bond donors (Lipinski definition) is 1. The van der Waals surface area contributed by atoms with Gasteiger partial charge in [0, 0.05) is 19.0 Å². The molecule has 0 aliphatic carbocycles. The van der Waals surface area contributed by atoms with Crippen LogP contribution in [0.4, 0.5) is 8.78 Å². The van der Waals surface area contributed by atoms with Crippen molar-refractivity contribution in [3.05, 3.63) is 47.5 Å². The first-order valence-corrected chi connectivity index (χ1v) is 6.66. The molecule has 0 aliphatic heterocycles. The van der Waals surface area contributed by atoms with Crippen LogP contribution in [0, 0.1) is 11.6 Å². The number of nitrogens with two attached hydrogens (primary N) is 1. The maximum Gasteiger partial charge on any atom is 0.159 e. The molecule has 20 heavy (non-hydrogen) atoms. The molecule has 2 aromatic rings. The highest BCUT2D eigenvalue weighted by Crippen LogP contribution is 2.11. The molecule has 0 amide bonds. The Labute approximate surface area is 116 Å². The number of hydrogen-bond acceptors (Lipinski definition) is 3. The van der Waals surface area contributed by atoms with E-state index in [-0.39, 0.29) is 6.04 Å². The molecule has 0 saturated heterocycles. The third-order valence-corrected chi connectivity index (χ3v) is 3.06. The van der Waals surface area contributed by atoms with Gasteiger partial charge in [-0.3, -0.25) is 4.68 Å². The second-order valence-electron chi connectivity index (χ2n) is 4.82. The first-order valence-electron chi connectivity index (χ1n) is 6.66. The minimum atomic E-state index is -0.844. The summed E-state index contributed by atoms with van der Waals surface area (Å²) in [6.07, 6.45) is 3.50. The average Bonchev–Trinajstić information content (AvgIpc) is 2.82. The van der Waals surface area contributed by atoms with E-state index in [1.165, 1.54) is 12.4 Å². The molecule has 0 fully saturated rings. The van der Waals surface area contributed by atoms with E-state index >= 15 is 0 Å². The monoisotopic (exact) mass is 280 g/mol. The number of rotatable bonds is 6. The lowest BCUT2D eigenvalue weighted by Crippen LogP contribution is -2.27. The van der Waals surface area contributed by atoms with Crippen LogP contribution in [-0.4, -0.2) is 20.8 Å². The Kier molecular flexibility index (Phi) is 4.79. The molecule has 1 aromatic heterocycles. The van der Waals surface area contributed by atoms with Crippen molar-refractivity contribution in [1.82, 2.24) is 14.8 Å². The Balaban J connectivity index is 1.99. The topological polar surface area (TPSA) is 56.7 Å². The van der Waals surface area contributed by atoms with Crippen molar-refractivity contribution in [1.29, 1.82) is 0 Å². The quantitative estimate of drug-likeness (QED) is 0.881. The molecule has 1 atom stereocenters. The predicted molar refractivity (Wildman–Crippen MR) is 72.1 cm³/mol. The minimum absolute atomic E-state index is 0.209. The lowest BCUT2D eigenvalue weighted by atomic mass is 10.0. The summed E-state index contributed by atoms with van der Waals surface area (Å²) in [5.41, 5.74) is 6.73. The van der Waals surface area contributed by atoms with Crippen LogP contribution in [0.5, 0.6) is 0 Å². The van der Waals surface area contributed by atoms with Gasteiger partial charge in [0.25, 0.3) is 0 Å². The van der Waals surface area contributed by atoms with Gasteiger partial charge in [-0.25, -0.2) is 13.8 Å². The number of halogens is 2. The summed E-state index contributed by atoms with van der Waals surface area (Å²) in [5, 5.41) is 4.13. The van der Waals surface area contributed by atoms with Gasteiger partial charge in [0.05, 0.1) is 0 Å². The van der Waals surface area contributed by atoms with Crippen molar-refractivity contribution in [3.8, 4) is 0 Å². The fraction of sp³-hybridized carbons (Fsp3) is 0.429. The van der Waals surface area contributed by atoms with E-state index in [1.807, 2.05) is 4.68 Å². The summed E-state index contributed by atoms with van der Waals surface area (Å²) in [5.74, 6) is -0.865. The number of nitrogens with zero attached hydrogens (tertiary/aromatic N) is 3. The van der Waals surface area contributed by atoms with Crippen molar-refractivity contribution in [2.24, 2.45) is 5.73 Å². The van der Waals surface area contributed by atoms with E-state index in [4.69, 9.17) is 5.73 Å². The third-order valence-electron chi connectivity index (χ3n) is 3.06. The third kappa shape index (κ3) is 3.60. The highest BCUT2D eigenvalue weighted by molar-refractivity contribution is 5.19. The molecule has 2 rings (SSSR count). The smallest absolute Gasteiger partial charge is 0.159 e. The molecule has 1 aromatic carbocycles. The zero-order valence-electron chi connectivity index (χ0n) is 11.4. The summed E-state index contributed by atoms with van der Waals surface area (Å²) in [6, 6.07) is 3.65. The van der Waals surface area contributed by atoms with Gasteiger partial charge in [-0.05, 0) is 30.5 Å². The van der Waals surface area contributed by atoms with Gasteiger partial charge in [-0.1, -0.05) is 13.0 Å². The van der Waals surface area contributed by atoms with Gasteiger partial charge < -0.3 is 5.73 Å². The Bertz CT molecular complexity index is 568. The molecule has 0 radical (unpaired) electrons. The lowest BCUT2D eigenvalue weighted by molar-refractivity contribution is 0.504. The summed E-state index contributed by atoms with van der Waals surface area (Å²) >= 11 is 0. The summed E-state index contributed by atoms with van der Waals surface area (Å²) in [4.78, 5) is 4.19. The standard InChI is InChI=1S/C14H18F2N4/c1-2-5-20-14(18-9-19-20)8-11(17)6-10-3-4-12(15)13(16)7-10/h3-4,7,9,11H,2,5-6,8,17H2,1H3. The van der Waals surface area contributed by atoms with Crippen LogP contribution < -0.4 is 5.73 Å². The molecule has 1 heterocycles. The molecule has 0 aliphatic rings. The molecule has 0 saturated carbocycles. The second-order valence-corrected chi connectivity index (χ2v) is 4.82. The van der Waals surface area contributed by atoms with Gasteiger partial charge in [0.2, 0.25) is 0 Å². The van der Waals surface area contributed by atoms with Crippen LogP contribution in [0.2, 0.25) is 0 Å². The largest absolute Gasteiger partial charge is 0.327 e. The first-order chi connectivity index (χ1) is 9.60. The molecular formula is C14H18F2N4. The van der Waals surface area contributed by atoms with Crippen LogP contribution in [0.1, 0.15) is 24.7 Å². The van der Waals surface area contributed by atoms with E-state index in [2.05, 4.69) is 17.0 Å². The van der Waals surface area contributed by atoms with Crippen molar-refractivity contribution in [2.45, 2.75) is 38.8 Å². The molecule has 6 heteroatoms. The number of aromatic nitrogens is 3. The Morgan fingerprint density at radius 3 is 2.75 bits per heavy atom. The van der Waals surface area contributed by atoms with Gasteiger partial charge in [-0.15, -0.1) is 0 Å². The first kappa shape index (κ1) is 14.6. The fourth-order valence-electron chi connectivity index (χ4n) is 2.12.